The van der Waals surface area contributed by atoms with Crippen molar-refractivity contribution >= 4 is 5.78 Å². The summed E-state index contributed by atoms with van der Waals surface area (Å²) in [6.07, 6.45) is 2.34. The van der Waals surface area contributed by atoms with E-state index in [1.807, 2.05) is 60.7 Å². The Bertz CT molecular complexity index is 606. The lowest BCUT2D eigenvalue weighted by molar-refractivity contribution is -0.115. The number of hydrogen-bond donors (Lipinski definition) is 2. The van der Waals surface area contributed by atoms with Gasteiger partial charge in [0.15, 0.2) is 5.78 Å². The molecule has 3 heteroatoms. The van der Waals surface area contributed by atoms with E-state index >= 15 is 0 Å². The Morgan fingerprint density at radius 3 is 2.19 bits per heavy atom. The van der Waals surface area contributed by atoms with Crippen LogP contribution in [0, 0.1) is 0 Å². The first kappa shape index (κ1) is 15.0. The van der Waals surface area contributed by atoms with Crippen LogP contribution in [0.4, 0.5) is 0 Å². The van der Waals surface area contributed by atoms with Crippen molar-refractivity contribution < 1.29 is 4.79 Å². The summed E-state index contributed by atoms with van der Waals surface area (Å²) in [6, 6.07) is 19.2. The molecule has 4 N–H and O–H groups in total. The van der Waals surface area contributed by atoms with E-state index < -0.39 is 0 Å². The molecule has 1 atom stereocenters. The lowest BCUT2D eigenvalue weighted by Crippen LogP contribution is -2.15. The molecule has 0 spiro atoms. The summed E-state index contributed by atoms with van der Waals surface area (Å²) in [4.78, 5) is 12.0. The van der Waals surface area contributed by atoms with E-state index in [1.54, 1.807) is 0 Å². The van der Waals surface area contributed by atoms with Crippen LogP contribution in [0.5, 0.6) is 0 Å². The van der Waals surface area contributed by atoms with E-state index in [1.165, 1.54) is 6.08 Å². The second kappa shape index (κ2) is 7.41. The molecule has 1 unspecified atom stereocenters. The Kier molecular flexibility index (Phi) is 5.29. The molecule has 0 aliphatic rings. The topological polar surface area (TPSA) is 69.1 Å². The first-order chi connectivity index (χ1) is 10.1. The molecule has 0 aliphatic carbocycles. The molecule has 2 aromatic carbocycles. The molecular weight excluding hydrogens is 260 g/mol. The maximum absolute atomic E-state index is 12.0. The smallest absolute Gasteiger partial charge is 0.159 e. The third kappa shape index (κ3) is 4.89. The monoisotopic (exact) mass is 280 g/mol. The van der Waals surface area contributed by atoms with Crippen molar-refractivity contribution in [3.8, 4) is 0 Å². The van der Waals surface area contributed by atoms with Gasteiger partial charge in [0.1, 0.15) is 0 Å². The Morgan fingerprint density at radius 2 is 1.57 bits per heavy atom. The molecule has 0 amide bonds. The van der Waals surface area contributed by atoms with Crippen molar-refractivity contribution in [3.05, 3.63) is 83.6 Å². The molecule has 108 valence electrons. The zero-order chi connectivity index (χ0) is 15.1. The standard InChI is InChI=1S/C18H20N2O/c19-16(11-14-7-3-1-4-8-14)12-17(21)13-18(20)15-9-5-2-6-10-15/h1-10,12,18H,11,13,19-20H2. The summed E-state index contributed by atoms with van der Waals surface area (Å²) in [5.41, 5.74) is 14.6. The van der Waals surface area contributed by atoms with Crippen LogP contribution in [0.3, 0.4) is 0 Å². The Hall–Kier alpha value is -2.39. The lowest BCUT2D eigenvalue weighted by atomic mass is 10.0. The molecule has 0 bridgehead atoms. The highest BCUT2D eigenvalue weighted by molar-refractivity contribution is 5.90. The minimum absolute atomic E-state index is 0.0419. The van der Waals surface area contributed by atoms with Gasteiger partial charge in [0.2, 0.25) is 0 Å². The Balaban J connectivity index is 1.93. The van der Waals surface area contributed by atoms with Gasteiger partial charge in [-0.15, -0.1) is 0 Å². The van der Waals surface area contributed by atoms with Crippen molar-refractivity contribution in [2.45, 2.75) is 18.9 Å². The predicted octanol–water partition coefficient (Wildman–Crippen LogP) is 2.73. The van der Waals surface area contributed by atoms with Crippen molar-refractivity contribution in [3.63, 3.8) is 0 Å². The molecule has 0 radical (unpaired) electrons. The fourth-order valence-corrected chi connectivity index (χ4v) is 2.18. The van der Waals surface area contributed by atoms with Gasteiger partial charge in [-0.25, -0.2) is 0 Å². The first-order valence-electron chi connectivity index (χ1n) is 6.98. The van der Waals surface area contributed by atoms with Gasteiger partial charge in [-0.1, -0.05) is 60.7 Å². The number of carbonyl (C=O) groups excluding carboxylic acids is 1. The molecule has 0 aromatic heterocycles. The van der Waals surface area contributed by atoms with E-state index in [-0.39, 0.29) is 18.2 Å². The summed E-state index contributed by atoms with van der Waals surface area (Å²) in [5.74, 6) is -0.0419. The minimum Gasteiger partial charge on any atom is -0.402 e. The Labute approximate surface area is 125 Å². The fraction of sp³-hybridized carbons (Fsp3) is 0.167. The normalized spacial score (nSPS) is 12.9. The van der Waals surface area contributed by atoms with Crippen LogP contribution < -0.4 is 11.5 Å². The summed E-state index contributed by atoms with van der Waals surface area (Å²) < 4.78 is 0. The molecular formula is C18H20N2O. The number of carbonyl (C=O) groups is 1. The highest BCUT2D eigenvalue weighted by atomic mass is 16.1. The van der Waals surface area contributed by atoms with Gasteiger partial charge in [-0.3, -0.25) is 4.79 Å². The van der Waals surface area contributed by atoms with Crippen LogP contribution in [0.1, 0.15) is 23.6 Å². The molecule has 0 saturated carbocycles. The van der Waals surface area contributed by atoms with Crippen LogP contribution in [0.15, 0.2) is 72.4 Å². The molecule has 0 fully saturated rings. The maximum atomic E-state index is 12.0. The van der Waals surface area contributed by atoms with Crippen molar-refractivity contribution in [2.75, 3.05) is 0 Å². The highest BCUT2D eigenvalue weighted by Crippen LogP contribution is 2.14. The zero-order valence-electron chi connectivity index (χ0n) is 11.9. The summed E-state index contributed by atoms with van der Waals surface area (Å²) in [6.45, 7) is 0. The number of rotatable bonds is 6. The molecule has 0 heterocycles. The van der Waals surface area contributed by atoms with Gasteiger partial charge >= 0.3 is 0 Å². The third-order valence-electron chi connectivity index (χ3n) is 3.25. The van der Waals surface area contributed by atoms with Crippen LogP contribution in [-0.4, -0.2) is 5.78 Å². The molecule has 2 aromatic rings. The van der Waals surface area contributed by atoms with E-state index in [2.05, 4.69) is 0 Å². The number of benzene rings is 2. The third-order valence-corrected chi connectivity index (χ3v) is 3.25. The van der Waals surface area contributed by atoms with E-state index in [0.717, 1.165) is 11.1 Å². The SMILES string of the molecule is NC(=CC(=O)CC(N)c1ccccc1)Cc1ccccc1. The Morgan fingerprint density at radius 1 is 1.00 bits per heavy atom. The van der Waals surface area contributed by atoms with Gasteiger partial charge < -0.3 is 11.5 Å². The van der Waals surface area contributed by atoms with E-state index in [0.29, 0.717) is 12.1 Å². The van der Waals surface area contributed by atoms with Gasteiger partial charge in [-0.2, -0.15) is 0 Å². The first-order valence-corrected chi connectivity index (χ1v) is 6.98. The minimum atomic E-state index is -0.292. The number of ketones is 1. The van der Waals surface area contributed by atoms with Crippen molar-refractivity contribution in [1.29, 1.82) is 0 Å². The summed E-state index contributed by atoms with van der Waals surface area (Å²) in [7, 11) is 0. The second-order valence-electron chi connectivity index (χ2n) is 5.07. The molecule has 21 heavy (non-hydrogen) atoms. The van der Waals surface area contributed by atoms with Crippen LogP contribution in [-0.2, 0) is 11.2 Å². The maximum Gasteiger partial charge on any atom is 0.159 e. The molecule has 3 nitrogen and oxygen atoms in total. The molecule has 0 aliphatic heterocycles. The molecule has 2 rings (SSSR count). The average molecular weight is 280 g/mol. The van der Waals surface area contributed by atoms with Gasteiger partial charge in [0.05, 0.1) is 0 Å². The zero-order valence-corrected chi connectivity index (χ0v) is 11.9. The van der Waals surface area contributed by atoms with E-state index in [4.69, 9.17) is 11.5 Å². The van der Waals surface area contributed by atoms with Gasteiger partial charge in [0, 0.05) is 30.7 Å². The summed E-state index contributed by atoms with van der Waals surface area (Å²) >= 11 is 0. The van der Waals surface area contributed by atoms with Gasteiger partial charge in [-0.05, 0) is 11.1 Å². The number of allylic oxidation sites excluding steroid dienone is 2. The van der Waals surface area contributed by atoms with E-state index in [9.17, 15) is 4.79 Å². The van der Waals surface area contributed by atoms with Gasteiger partial charge in [0.25, 0.3) is 0 Å². The fourth-order valence-electron chi connectivity index (χ4n) is 2.18. The van der Waals surface area contributed by atoms with Crippen LogP contribution in [0.2, 0.25) is 0 Å². The van der Waals surface area contributed by atoms with Crippen molar-refractivity contribution in [1.82, 2.24) is 0 Å². The van der Waals surface area contributed by atoms with Crippen LogP contribution in [0.25, 0.3) is 0 Å². The average Bonchev–Trinajstić information content (AvgIpc) is 2.48. The largest absolute Gasteiger partial charge is 0.402 e. The number of nitrogens with two attached hydrogens (primary N) is 2. The quantitative estimate of drug-likeness (QED) is 0.799. The summed E-state index contributed by atoms with van der Waals surface area (Å²) in [5, 5.41) is 0. The molecule has 0 saturated heterocycles. The highest BCUT2D eigenvalue weighted by Gasteiger charge is 2.10. The lowest BCUT2D eigenvalue weighted by Gasteiger charge is -2.10. The number of hydrogen-bond acceptors (Lipinski definition) is 3. The van der Waals surface area contributed by atoms with Crippen molar-refractivity contribution in [2.24, 2.45) is 11.5 Å². The van der Waals surface area contributed by atoms with Crippen LogP contribution >= 0.6 is 0 Å². The second-order valence-corrected chi connectivity index (χ2v) is 5.07. The predicted molar refractivity (Wildman–Crippen MR) is 85.4 cm³/mol.